The first kappa shape index (κ1) is 22.1. The molecule has 0 aromatic carbocycles. The molecule has 0 bridgehead atoms. The quantitative estimate of drug-likeness (QED) is 0.521. The molecule has 0 atom stereocenters. The summed E-state index contributed by atoms with van der Waals surface area (Å²) in [5.41, 5.74) is 0. The number of carbonyl (C=O) groups is 2. The minimum absolute atomic E-state index is 0.0351. The molecule has 0 unspecified atom stereocenters. The largest absolute Gasteiger partial charge is 0.450 e. The molecule has 1 aliphatic rings. The molecule has 0 saturated carbocycles. The van der Waals surface area contributed by atoms with Crippen LogP contribution in [0.5, 0.6) is 0 Å². The van der Waals surface area contributed by atoms with Crippen LogP contribution in [0, 0.1) is 5.92 Å². The third-order valence-electron chi connectivity index (χ3n) is 4.25. The Morgan fingerprint density at radius 2 is 1.92 bits per heavy atom. The van der Waals surface area contributed by atoms with E-state index in [-0.39, 0.29) is 24.6 Å². The summed E-state index contributed by atoms with van der Waals surface area (Å²) in [4.78, 5) is 31.3. The number of guanidine groups is 1. The van der Waals surface area contributed by atoms with E-state index in [1.54, 1.807) is 19.0 Å². The van der Waals surface area contributed by atoms with Gasteiger partial charge in [-0.25, -0.2) is 9.79 Å². The zero-order valence-corrected chi connectivity index (χ0v) is 16.9. The number of ether oxygens (including phenoxy) is 1. The van der Waals surface area contributed by atoms with Crippen molar-refractivity contribution in [2.45, 2.75) is 46.1 Å². The van der Waals surface area contributed by atoms with Crippen LogP contribution in [0.4, 0.5) is 4.79 Å². The first-order chi connectivity index (χ1) is 12.3. The van der Waals surface area contributed by atoms with Crippen molar-refractivity contribution in [1.82, 2.24) is 20.4 Å². The van der Waals surface area contributed by atoms with Gasteiger partial charge in [-0.2, -0.15) is 0 Å². The zero-order chi connectivity index (χ0) is 19.5. The molecule has 1 rings (SSSR count). The zero-order valence-electron chi connectivity index (χ0n) is 16.9. The van der Waals surface area contributed by atoms with Gasteiger partial charge < -0.3 is 25.2 Å². The Balaban J connectivity index is 2.55. The Morgan fingerprint density at radius 3 is 2.46 bits per heavy atom. The summed E-state index contributed by atoms with van der Waals surface area (Å²) in [5, 5.41) is 6.71. The third kappa shape index (κ3) is 8.40. The minimum Gasteiger partial charge on any atom is -0.450 e. The van der Waals surface area contributed by atoms with Crippen LogP contribution in [0.15, 0.2) is 4.99 Å². The van der Waals surface area contributed by atoms with E-state index >= 15 is 0 Å². The highest BCUT2D eigenvalue weighted by molar-refractivity contribution is 5.85. The molecule has 1 heterocycles. The van der Waals surface area contributed by atoms with E-state index in [2.05, 4.69) is 29.5 Å². The predicted molar refractivity (Wildman–Crippen MR) is 103 cm³/mol. The molecule has 1 aliphatic heterocycles. The number of amides is 2. The first-order valence-electron chi connectivity index (χ1n) is 9.50. The number of likely N-dealkylation sites (N-methyl/N-ethyl adjacent to an activating group) is 1. The summed E-state index contributed by atoms with van der Waals surface area (Å²) in [6, 6.07) is 0.223. The van der Waals surface area contributed by atoms with Gasteiger partial charge in [0.25, 0.3) is 0 Å². The number of likely N-dealkylation sites (tertiary alicyclic amines) is 1. The summed E-state index contributed by atoms with van der Waals surface area (Å²) >= 11 is 0. The number of aliphatic imine (C=N–C) groups is 1. The van der Waals surface area contributed by atoms with Crippen molar-refractivity contribution in [2.75, 3.05) is 46.9 Å². The molecule has 0 aromatic heterocycles. The van der Waals surface area contributed by atoms with Crippen molar-refractivity contribution in [3.8, 4) is 0 Å². The van der Waals surface area contributed by atoms with Crippen LogP contribution in [-0.2, 0) is 9.53 Å². The fourth-order valence-electron chi connectivity index (χ4n) is 2.53. The predicted octanol–water partition coefficient (Wildman–Crippen LogP) is 1.28. The smallest absolute Gasteiger partial charge is 0.409 e. The lowest BCUT2D eigenvalue weighted by Crippen LogP contribution is -2.50. The molecule has 1 saturated heterocycles. The van der Waals surface area contributed by atoms with E-state index < -0.39 is 0 Å². The fraction of sp³-hybridized carbons (Fsp3) is 0.833. The van der Waals surface area contributed by atoms with Crippen LogP contribution in [0.25, 0.3) is 0 Å². The summed E-state index contributed by atoms with van der Waals surface area (Å²) in [6.45, 7) is 8.80. The van der Waals surface area contributed by atoms with Gasteiger partial charge in [-0.3, -0.25) is 4.79 Å². The van der Waals surface area contributed by atoms with Gasteiger partial charge in [0.1, 0.15) is 6.54 Å². The van der Waals surface area contributed by atoms with E-state index in [1.165, 1.54) is 4.90 Å². The Bertz CT molecular complexity index is 471. The van der Waals surface area contributed by atoms with Crippen molar-refractivity contribution in [2.24, 2.45) is 10.9 Å². The van der Waals surface area contributed by atoms with Crippen LogP contribution in [0.2, 0.25) is 0 Å². The van der Waals surface area contributed by atoms with E-state index in [0.29, 0.717) is 31.6 Å². The van der Waals surface area contributed by atoms with Crippen LogP contribution in [-0.4, -0.2) is 80.7 Å². The molecule has 0 radical (unpaired) electrons. The van der Waals surface area contributed by atoms with Crippen molar-refractivity contribution < 1.29 is 14.3 Å². The van der Waals surface area contributed by atoms with Gasteiger partial charge in [0.2, 0.25) is 5.91 Å². The number of hydrogen-bond acceptors (Lipinski definition) is 4. The average molecular weight is 370 g/mol. The molecule has 2 N–H and O–H groups in total. The topological polar surface area (TPSA) is 86.3 Å². The van der Waals surface area contributed by atoms with Gasteiger partial charge in [-0.1, -0.05) is 13.8 Å². The van der Waals surface area contributed by atoms with Gasteiger partial charge in [0.05, 0.1) is 6.61 Å². The average Bonchev–Trinajstić information content (AvgIpc) is 2.59. The maximum absolute atomic E-state index is 11.8. The van der Waals surface area contributed by atoms with Crippen LogP contribution in [0.1, 0.15) is 40.0 Å². The van der Waals surface area contributed by atoms with Gasteiger partial charge in [0.15, 0.2) is 5.96 Å². The molecule has 1 fully saturated rings. The number of nitrogens with zero attached hydrogens (tertiary/aromatic N) is 3. The number of nitrogens with one attached hydrogen (secondary N) is 2. The number of hydrogen-bond donors (Lipinski definition) is 2. The molecule has 150 valence electrons. The van der Waals surface area contributed by atoms with Gasteiger partial charge in [-0.15, -0.1) is 0 Å². The molecule has 2 amide bonds. The fourth-order valence-corrected chi connectivity index (χ4v) is 2.53. The van der Waals surface area contributed by atoms with Crippen LogP contribution >= 0.6 is 0 Å². The van der Waals surface area contributed by atoms with Crippen molar-refractivity contribution in [3.05, 3.63) is 0 Å². The summed E-state index contributed by atoms with van der Waals surface area (Å²) < 4.78 is 5.05. The molecule has 26 heavy (non-hydrogen) atoms. The molecule has 0 aliphatic carbocycles. The van der Waals surface area contributed by atoms with Crippen molar-refractivity contribution in [1.29, 1.82) is 0 Å². The maximum atomic E-state index is 11.8. The van der Waals surface area contributed by atoms with Crippen LogP contribution < -0.4 is 10.6 Å². The second-order valence-corrected chi connectivity index (χ2v) is 7.17. The molecule has 0 spiro atoms. The third-order valence-corrected chi connectivity index (χ3v) is 4.25. The van der Waals surface area contributed by atoms with Gasteiger partial charge >= 0.3 is 6.09 Å². The monoisotopic (exact) mass is 369 g/mol. The molecule has 8 heteroatoms. The highest BCUT2D eigenvalue weighted by Gasteiger charge is 2.24. The first-order valence-corrected chi connectivity index (χ1v) is 9.50. The number of carbonyl (C=O) groups excluding carboxylic acids is 2. The molecule has 0 aromatic rings. The molecular weight excluding hydrogens is 334 g/mol. The summed E-state index contributed by atoms with van der Waals surface area (Å²) in [6.07, 6.45) is 2.44. The Labute approximate surface area is 157 Å². The van der Waals surface area contributed by atoms with Crippen LogP contribution in [0.3, 0.4) is 0 Å². The summed E-state index contributed by atoms with van der Waals surface area (Å²) in [5.74, 6) is 1.22. The number of rotatable bonds is 7. The van der Waals surface area contributed by atoms with Gasteiger partial charge in [-0.05, 0) is 32.1 Å². The molecular formula is C18H35N5O3. The van der Waals surface area contributed by atoms with E-state index in [9.17, 15) is 9.59 Å². The van der Waals surface area contributed by atoms with Gasteiger partial charge in [0, 0.05) is 39.8 Å². The Morgan fingerprint density at radius 1 is 1.27 bits per heavy atom. The van der Waals surface area contributed by atoms with E-state index in [4.69, 9.17) is 4.74 Å². The number of piperidine rings is 1. The van der Waals surface area contributed by atoms with Crippen molar-refractivity contribution in [3.63, 3.8) is 0 Å². The van der Waals surface area contributed by atoms with E-state index in [1.807, 2.05) is 6.92 Å². The lowest BCUT2D eigenvalue weighted by Gasteiger charge is -2.32. The Kier molecular flexibility index (Phi) is 9.83. The minimum atomic E-state index is -0.244. The highest BCUT2D eigenvalue weighted by Crippen LogP contribution is 2.11. The molecule has 8 nitrogen and oxygen atoms in total. The highest BCUT2D eigenvalue weighted by atomic mass is 16.6. The second kappa shape index (κ2) is 11.6. The summed E-state index contributed by atoms with van der Waals surface area (Å²) in [7, 11) is 3.45. The second-order valence-electron chi connectivity index (χ2n) is 7.17. The normalized spacial score (nSPS) is 15.8. The standard InChI is InChI=1S/C18H35N5O3/c1-6-26-18(25)23-11-8-15(9-12-23)21-17(19-10-7-14(2)3)20-13-16(24)22(4)5/h14-15H,6-13H2,1-5H3,(H2,19,20,21). The Hall–Kier alpha value is -1.99. The lowest BCUT2D eigenvalue weighted by atomic mass is 10.1. The van der Waals surface area contributed by atoms with E-state index in [0.717, 1.165) is 25.8 Å². The van der Waals surface area contributed by atoms with Crippen molar-refractivity contribution >= 4 is 18.0 Å². The maximum Gasteiger partial charge on any atom is 0.409 e. The SMILES string of the molecule is CCOC(=O)N1CCC(NC(=NCC(=O)N(C)C)NCCC(C)C)CC1. The lowest BCUT2D eigenvalue weighted by molar-refractivity contribution is -0.127.